The van der Waals surface area contributed by atoms with Crippen LogP contribution in [0.4, 0.5) is 4.79 Å². The number of Topliss-reactive ketones (excluding diaryl/α,β-unsaturated/α-hetero) is 1. The lowest BCUT2D eigenvalue weighted by atomic mass is 9.88. The first-order chi connectivity index (χ1) is 24.1. The number of nitrogens with zero attached hydrogens (tertiary/aromatic N) is 1. The van der Waals surface area contributed by atoms with Gasteiger partial charge >= 0.3 is 6.09 Å². The Balaban J connectivity index is 0.911. The smallest absolute Gasteiger partial charge is 0.407 e. The van der Waals surface area contributed by atoms with Gasteiger partial charge in [-0.05, 0) is 123 Å². The van der Waals surface area contributed by atoms with E-state index in [1.807, 2.05) is 36.4 Å². The number of allylic oxidation sites excluding steroid dienone is 1. The Hall–Kier alpha value is -3.46. The minimum absolute atomic E-state index is 0.00703. The number of ketones is 1. The van der Waals surface area contributed by atoms with E-state index in [1.165, 1.54) is 29.4 Å². The Bertz CT molecular complexity index is 1880. The molecule has 10 nitrogen and oxygen atoms in total. The lowest BCUT2D eigenvalue weighted by Crippen LogP contribution is -2.42. The van der Waals surface area contributed by atoms with Crippen LogP contribution in [0.1, 0.15) is 35.4 Å². The highest BCUT2D eigenvalue weighted by Crippen LogP contribution is 2.45. The Morgan fingerprint density at radius 3 is 2.28 bits per heavy atom. The van der Waals surface area contributed by atoms with Gasteiger partial charge in [0.2, 0.25) is 11.4 Å². The van der Waals surface area contributed by atoms with Crippen molar-refractivity contribution in [2.24, 2.45) is 5.16 Å². The maximum Gasteiger partial charge on any atom is 0.407 e. The van der Waals surface area contributed by atoms with Crippen LogP contribution in [0.2, 0.25) is 0 Å². The van der Waals surface area contributed by atoms with Crippen LogP contribution in [0.3, 0.4) is 0 Å². The summed E-state index contributed by atoms with van der Waals surface area (Å²) < 4.78 is 19.1. The summed E-state index contributed by atoms with van der Waals surface area (Å²) in [5.74, 6) is 0.176. The quantitative estimate of drug-likeness (QED) is 0.178. The number of benzene rings is 3. The molecule has 14 heteroatoms. The van der Waals surface area contributed by atoms with E-state index in [0.717, 1.165) is 14.5 Å². The SMILES string of the molecule is COC1=C(Br)C(=O)C2(C=C1Br)CC(C(=O)NCCCOc1c(Br)cc(CCNC(=O)OCC3c4ccccc4-c4ccccc43)cc1Br)=NO2. The Labute approximate surface area is 322 Å². The van der Waals surface area contributed by atoms with E-state index in [-0.39, 0.29) is 34.9 Å². The average Bonchev–Trinajstić information content (AvgIpc) is 3.67. The number of hydrogen-bond acceptors (Lipinski definition) is 8. The van der Waals surface area contributed by atoms with Gasteiger partial charge in [-0.25, -0.2) is 4.79 Å². The zero-order valence-electron chi connectivity index (χ0n) is 26.7. The lowest BCUT2D eigenvalue weighted by Gasteiger charge is -2.26. The summed E-state index contributed by atoms with van der Waals surface area (Å²) in [7, 11) is 1.45. The standard InChI is InChI=1S/C36H31Br4N3O7/c1-47-32-28(39)17-36(33(44)30(32)40)18-29(43-50-36)34(45)41-12-6-14-48-31-26(37)15-20(16-27(31)38)11-13-42-35(46)49-19-25-23-9-4-2-7-21(23)22-8-3-5-10-24(22)25/h2-5,7-10,15-17,25H,6,11-14,18-19H2,1H3,(H,41,45)(H,42,46). The van der Waals surface area contributed by atoms with Crippen molar-refractivity contribution in [2.75, 3.05) is 33.4 Å². The van der Waals surface area contributed by atoms with Crippen molar-refractivity contribution in [3.8, 4) is 16.9 Å². The number of carbonyl (C=O) groups excluding carboxylic acids is 3. The van der Waals surface area contributed by atoms with E-state index < -0.39 is 17.6 Å². The zero-order valence-corrected chi connectivity index (χ0v) is 33.0. The summed E-state index contributed by atoms with van der Waals surface area (Å²) in [6.45, 7) is 1.32. The predicted molar refractivity (Wildman–Crippen MR) is 203 cm³/mol. The maximum atomic E-state index is 12.9. The van der Waals surface area contributed by atoms with E-state index in [9.17, 15) is 14.4 Å². The summed E-state index contributed by atoms with van der Waals surface area (Å²) in [6, 6.07) is 20.4. The summed E-state index contributed by atoms with van der Waals surface area (Å²) in [4.78, 5) is 43.7. The molecule has 2 aliphatic carbocycles. The van der Waals surface area contributed by atoms with Gasteiger partial charge in [-0.2, -0.15) is 0 Å². The molecule has 2 amide bonds. The molecule has 1 aliphatic heterocycles. The first-order valence-corrected chi connectivity index (χ1v) is 18.9. The number of rotatable bonds is 12. The Morgan fingerprint density at radius 2 is 1.62 bits per heavy atom. The number of oxime groups is 1. The highest BCUT2D eigenvalue weighted by molar-refractivity contribution is 9.12. The number of ether oxygens (including phenoxy) is 3. The van der Waals surface area contributed by atoms with Crippen LogP contribution in [0.25, 0.3) is 11.1 Å². The normalized spacial score (nSPS) is 17.8. The predicted octanol–water partition coefficient (Wildman–Crippen LogP) is 7.81. The summed E-state index contributed by atoms with van der Waals surface area (Å²) in [5, 5.41) is 9.55. The van der Waals surface area contributed by atoms with Gasteiger partial charge in [-0.1, -0.05) is 53.7 Å². The number of amides is 2. The van der Waals surface area contributed by atoms with Crippen molar-refractivity contribution in [3.05, 3.63) is 107 Å². The highest BCUT2D eigenvalue weighted by atomic mass is 79.9. The largest absolute Gasteiger partial charge is 0.494 e. The molecule has 1 unspecified atom stereocenters. The molecule has 260 valence electrons. The minimum Gasteiger partial charge on any atom is -0.494 e. The van der Waals surface area contributed by atoms with Gasteiger partial charge < -0.3 is 29.7 Å². The van der Waals surface area contributed by atoms with Gasteiger partial charge in [0, 0.05) is 19.0 Å². The third-order valence-electron chi connectivity index (χ3n) is 8.51. The molecule has 1 atom stereocenters. The fourth-order valence-electron chi connectivity index (χ4n) is 6.09. The van der Waals surface area contributed by atoms with Crippen molar-refractivity contribution in [3.63, 3.8) is 0 Å². The number of nitrogens with one attached hydrogen (secondary N) is 2. The number of fused-ring (bicyclic) bond motifs is 3. The molecule has 0 aromatic heterocycles. The van der Waals surface area contributed by atoms with Crippen LogP contribution in [0.5, 0.6) is 5.75 Å². The van der Waals surface area contributed by atoms with Gasteiger partial charge in [-0.15, -0.1) is 0 Å². The average molecular weight is 937 g/mol. The van der Waals surface area contributed by atoms with E-state index in [1.54, 1.807) is 6.08 Å². The van der Waals surface area contributed by atoms with Crippen LogP contribution >= 0.6 is 63.7 Å². The molecule has 50 heavy (non-hydrogen) atoms. The van der Waals surface area contributed by atoms with E-state index >= 15 is 0 Å². The first kappa shape index (κ1) is 36.3. The Kier molecular flexibility index (Phi) is 11.5. The summed E-state index contributed by atoms with van der Waals surface area (Å²) in [6.07, 6.45) is 2.19. The van der Waals surface area contributed by atoms with Crippen molar-refractivity contribution in [2.45, 2.75) is 30.8 Å². The molecule has 2 N–H and O–H groups in total. The second-order valence-corrected chi connectivity index (χ2v) is 15.1. The Morgan fingerprint density at radius 1 is 0.960 bits per heavy atom. The third kappa shape index (κ3) is 7.58. The van der Waals surface area contributed by atoms with Crippen molar-refractivity contribution in [1.29, 1.82) is 0 Å². The van der Waals surface area contributed by atoms with Gasteiger partial charge in [0.15, 0.2) is 5.76 Å². The highest BCUT2D eigenvalue weighted by Gasteiger charge is 2.50. The topological polar surface area (TPSA) is 125 Å². The van der Waals surface area contributed by atoms with E-state index in [4.69, 9.17) is 19.0 Å². The van der Waals surface area contributed by atoms with E-state index in [0.29, 0.717) is 48.5 Å². The number of hydrogen-bond donors (Lipinski definition) is 2. The van der Waals surface area contributed by atoms with Gasteiger partial charge in [0.05, 0.1) is 33.6 Å². The maximum absolute atomic E-state index is 12.9. The molecule has 3 aromatic carbocycles. The van der Waals surface area contributed by atoms with Crippen molar-refractivity contribution in [1.82, 2.24) is 10.6 Å². The number of alkyl carbamates (subject to hydrolysis) is 1. The molecule has 3 aromatic rings. The molecule has 3 aliphatic rings. The second-order valence-electron chi connectivity index (χ2n) is 11.7. The molecule has 0 fully saturated rings. The molecule has 0 saturated heterocycles. The van der Waals surface area contributed by atoms with Crippen LogP contribution < -0.4 is 15.4 Å². The van der Waals surface area contributed by atoms with Crippen molar-refractivity contribution >= 4 is 87.2 Å². The van der Waals surface area contributed by atoms with E-state index in [2.05, 4.69) is 104 Å². The molecule has 6 rings (SSSR count). The second kappa shape index (κ2) is 15.8. The van der Waals surface area contributed by atoms with Crippen LogP contribution in [0, 0.1) is 0 Å². The van der Waals surface area contributed by atoms with Gasteiger partial charge in [-0.3, -0.25) is 9.59 Å². The molecule has 0 saturated carbocycles. The van der Waals surface area contributed by atoms with Crippen LogP contribution in [-0.4, -0.2) is 62.5 Å². The number of methoxy groups -OCH3 is 1. The monoisotopic (exact) mass is 933 g/mol. The van der Waals surface area contributed by atoms with Crippen LogP contribution in [-0.2, 0) is 30.3 Å². The molecule has 0 bridgehead atoms. The first-order valence-electron chi connectivity index (χ1n) is 15.7. The van der Waals surface area contributed by atoms with Gasteiger partial charge in [0.25, 0.3) is 5.91 Å². The number of halogens is 4. The fourth-order valence-corrected chi connectivity index (χ4v) is 9.31. The molecule has 1 spiro atoms. The molecule has 0 radical (unpaired) electrons. The zero-order chi connectivity index (χ0) is 35.4. The molecule has 1 heterocycles. The van der Waals surface area contributed by atoms with Crippen molar-refractivity contribution < 1.29 is 33.4 Å². The summed E-state index contributed by atoms with van der Waals surface area (Å²) in [5.41, 5.74) is 4.41. The number of carbonyl (C=O) groups is 3. The fraction of sp³-hybridized carbons (Fsp3) is 0.278. The molecular weight excluding hydrogens is 906 g/mol. The lowest BCUT2D eigenvalue weighted by molar-refractivity contribution is -0.131. The van der Waals surface area contributed by atoms with Gasteiger partial charge in [0.1, 0.15) is 22.6 Å². The summed E-state index contributed by atoms with van der Waals surface area (Å²) >= 11 is 13.8. The molecular formula is C36H31Br4N3O7. The van der Waals surface area contributed by atoms with Crippen LogP contribution in [0.15, 0.2) is 95.6 Å². The third-order valence-corrected chi connectivity index (χ3v) is 11.0. The minimum atomic E-state index is -1.41.